The van der Waals surface area contributed by atoms with Gasteiger partial charge in [-0.3, -0.25) is 9.59 Å². The Balaban J connectivity index is 1.95. The monoisotopic (exact) mass is 594 g/mol. The second-order valence-electron chi connectivity index (χ2n) is 8.20. The molecule has 3 N–H and O–H groups in total. The number of halogens is 1. The van der Waals surface area contributed by atoms with E-state index in [4.69, 9.17) is 14.6 Å². The van der Waals surface area contributed by atoms with E-state index in [1.807, 2.05) is 48.5 Å². The molecule has 3 atom stereocenters. The summed E-state index contributed by atoms with van der Waals surface area (Å²) >= 11 is 2.15. The average molecular weight is 594 g/mol. The van der Waals surface area contributed by atoms with Gasteiger partial charge in [0.05, 0.1) is 29.2 Å². The highest BCUT2D eigenvalue weighted by molar-refractivity contribution is 14.1. The van der Waals surface area contributed by atoms with E-state index in [0.717, 1.165) is 9.13 Å². The highest BCUT2D eigenvalue weighted by Crippen LogP contribution is 2.30. The van der Waals surface area contributed by atoms with Crippen molar-refractivity contribution in [2.24, 2.45) is 0 Å². The number of carbonyl (C=O) groups excluding carboxylic acids is 2. The van der Waals surface area contributed by atoms with Crippen LogP contribution in [0.4, 0.5) is 0 Å². The second-order valence-corrected chi connectivity index (χ2v) is 9.36. The minimum absolute atomic E-state index is 0.103. The number of carbonyl (C=O) groups is 2. The van der Waals surface area contributed by atoms with E-state index in [-0.39, 0.29) is 51.0 Å². The SMILES string of the molecule is COCCC(=O)N(Cc1ccccc1)[C@@H]1CC(C(=O)NCCO)=C[C@H](Oc2ccccc2I)[C@H]1O. The summed E-state index contributed by atoms with van der Waals surface area (Å²) in [6.45, 7) is 0.426. The Morgan fingerprint density at radius 1 is 1.14 bits per heavy atom. The quantitative estimate of drug-likeness (QED) is 0.345. The zero-order valence-corrected chi connectivity index (χ0v) is 21.8. The van der Waals surface area contributed by atoms with Gasteiger partial charge < -0.3 is 29.9 Å². The fourth-order valence-corrected chi connectivity index (χ4v) is 4.48. The molecule has 0 unspecified atom stereocenters. The van der Waals surface area contributed by atoms with Crippen molar-refractivity contribution in [2.75, 3.05) is 26.9 Å². The number of ether oxygens (including phenoxy) is 2. The average Bonchev–Trinajstić information content (AvgIpc) is 2.87. The number of nitrogens with one attached hydrogen (secondary N) is 1. The number of nitrogens with zero attached hydrogens (tertiary/aromatic N) is 1. The van der Waals surface area contributed by atoms with Gasteiger partial charge in [0.25, 0.3) is 0 Å². The number of hydrogen-bond acceptors (Lipinski definition) is 6. The Morgan fingerprint density at radius 2 is 1.86 bits per heavy atom. The molecule has 9 heteroatoms. The molecule has 0 saturated carbocycles. The third kappa shape index (κ3) is 7.50. The Labute approximate surface area is 219 Å². The summed E-state index contributed by atoms with van der Waals surface area (Å²) in [7, 11) is 1.53. The van der Waals surface area contributed by atoms with E-state index >= 15 is 0 Å². The molecule has 1 aliphatic rings. The van der Waals surface area contributed by atoms with Gasteiger partial charge in [0.15, 0.2) is 0 Å². The first kappa shape index (κ1) is 27.1. The highest BCUT2D eigenvalue weighted by atomic mass is 127. The first-order valence-electron chi connectivity index (χ1n) is 11.5. The van der Waals surface area contributed by atoms with Crippen LogP contribution >= 0.6 is 22.6 Å². The third-order valence-corrected chi connectivity index (χ3v) is 6.64. The van der Waals surface area contributed by atoms with E-state index in [2.05, 4.69) is 27.9 Å². The van der Waals surface area contributed by atoms with Crippen molar-refractivity contribution < 1.29 is 29.3 Å². The van der Waals surface area contributed by atoms with Crippen LogP contribution in [0.1, 0.15) is 18.4 Å². The zero-order valence-electron chi connectivity index (χ0n) is 19.6. The van der Waals surface area contributed by atoms with E-state index in [1.54, 1.807) is 17.0 Å². The minimum Gasteiger partial charge on any atom is -0.482 e. The van der Waals surface area contributed by atoms with Gasteiger partial charge in [-0.2, -0.15) is 0 Å². The number of amides is 2. The largest absolute Gasteiger partial charge is 0.482 e. The molecular weight excluding hydrogens is 563 g/mol. The van der Waals surface area contributed by atoms with Crippen LogP contribution in [0.2, 0.25) is 0 Å². The molecule has 0 bridgehead atoms. The van der Waals surface area contributed by atoms with Gasteiger partial charge in [-0.15, -0.1) is 0 Å². The van der Waals surface area contributed by atoms with Crippen LogP contribution in [0.3, 0.4) is 0 Å². The molecule has 8 nitrogen and oxygen atoms in total. The van der Waals surface area contributed by atoms with Gasteiger partial charge in [-0.05, 0) is 46.4 Å². The number of hydrogen-bond donors (Lipinski definition) is 3. The van der Waals surface area contributed by atoms with Crippen LogP contribution in [0.15, 0.2) is 66.2 Å². The summed E-state index contributed by atoms with van der Waals surface area (Å²) < 4.78 is 12.1. The number of aliphatic hydroxyl groups is 2. The fourth-order valence-electron chi connectivity index (χ4n) is 3.97. The molecule has 0 aliphatic heterocycles. The lowest BCUT2D eigenvalue weighted by molar-refractivity contribution is -0.140. The van der Waals surface area contributed by atoms with Crippen molar-refractivity contribution in [3.05, 3.63) is 75.4 Å². The maximum absolute atomic E-state index is 13.3. The molecule has 2 amide bonds. The molecule has 0 spiro atoms. The van der Waals surface area contributed by atoms with Crippen molar-refractivity contribution in [2.45, 2.75) is 37.6 Å². The van der Waals surface area contributed by atoms with Crippen LogP contribution in [0, 0.1) is 3.57 Å². The molecule has 0 saturated heterocycles. The van der Waals surface area contributed by atoms with E-state index in [0.29, 0.717) is 11.3 Å². The molecule has 2 aromatic rings. The topological polar surface area (TPSA) is 108 Å². The second kappa shape index (κ2) is 13.6. The first-order valence-corrected chi connectivity index (χ1v) is 12.5. The van der Waals surface area contributed by atoms with Crippen LogP contribution in [0.25, 0.3) is 0 Å². The predicted octanol–water partition coefficient (Wildman–Crippen LogP) is 2.27. The van der Waals surface area contributed by atoms with Crippen LogP contribution in [0.5, 0.6) is 5.75 Å². The van der Waals surface area contributed by atoms with Crippen LogP contribution in [-0.2, 0) is 20.9 Å². The van der Waals surface area contributed by atoms with Crippen molar-refractivity contribution in [1.82, 2.24) is 10.2 Å². The Kier molecular flexibility index (Phi) is 10.5. The fraction of sp³-hybridized carbons (Fsp3) is 0.385. The molecule has 2 aromatic carbocycles. The zero-order chi connectivity index (χ0) is 25.2. The maximum atomic E-state index is 13.3. The normalized spacial score (nSPS) is 19.5. The summed E-state index contributed by atoms with van der Waals surface area (Å²) in [4.78, 5) is 27.7. The summed E-state index contributed by atoms with van der Waals surface area (Å²) in [5, 5.41) is 23.2. The van der Waals surface area contributed by atoms with Crippen molar-refractivity contribution >= 4 is 34.4 Å². The number of methoxy groups -OCH3 is 1. The minimum atomic E-state index is -1.07. The molecule has 0 radical (unpaired) electrons. The molecule has 0 fully saturated rings. The Bertz CT molecular complexity index is 1020. The third-order valence-electron chi connectivity index (χ3n) is 5.75. The van der Waals surface area contributed by atoms with Crippen LogP contribution < -0.4 is 10.1 Å². The van der Waals surface area contributed by atoms with Gasteiger partial charge in [0, 0.05) is 32.2 Å². The number of para-hydroxylation sites is 1. The van der Waals surface area contributed by atoms with Gasteiger partial charge in [0.1, 0.15) is 18.0 Å². The van der Waals surface area contributed by atoms with Gasteiger partial charge in [-0.25, -0.2) is 0 Å². The standard InChI is InChI=1S/C26H31IN2O6/c1-34-14-11-24(31)29(17-18-7-3-2-4-8-18)21-15-19(26(33)28-12-13-30)16-23(25(21)32)35-22-10-6-5-9-20(22)27/h2-10,16,21,23,25,30,32H,11-15,17H2,1H3,(H,28,33)/t21-,23+,25+/m1/s1. The number of aliphatic hydroxyl groups excluding tert-OH is 2. The first-order chi connectivity index (χ1) is 16.9. The molecule has 35 heavy (non-hydrogen) atoms. The van der Waals surface area contributed by atoms with Crippen molar-refractivity contribution in [3.8, 4) is 5.75 Å². The molecule has 188 valence electrons. The van der Waals surface area contributed by atoms with Gasteiger partial charge >= 0.3 is 0 Å². The number of rotatable bonds is 11. The van der Waals surface area contributed by atoms with Crippen molar-refractivity contribution in [3.63, 3.8) is 0 Å². The van der Waals surface area contributed by atoms with Crippen LogP contribution in [-0.4, -0.2) is 72.0 Å². The van der Waals surface area contributed by atoms with Gasteiger partial charge in [-0.1, -0.05) is 42.5 Å². The van der Waals surface area contributed by atoms with Crippen molar-refractivity contribution in [1.29, 1.82) is 0 Å². The summed E-state index contributed by atoms with van der Waals surface area (Å²) in [5.74, 6) is 0.0191. The summed E-state index contributed by atoms with van der Waals surface area (Å²) in [6.07, 6.45) is -0.0270. The highest BCUT2D eigenvalue weighted by Gasteiger charge is 2.40. The number of benzene rings is 2. The molecule has 0 heterocycles. The van der Waals surface area contributed by atoms with Gasteiger partial charge in [0.2, 0.25) is 11.8 Å². The summed E-state index contributed by atoms with van der Waals surface area (Å²) in [5.41, 5.74) is 1.30. The maximum Gasteiger partial charge on any atom is 0.247 e. The van der Waals surface area contributed by atoms with E-state index < -0.39 is 18.2 Å². The lowest BCUT2D eigenvalue weighted by atomic mass is 9.87. The summed E-state index contributed by atoms with van der Waals surface area (Å²) in [6, 6.07) is 16.2. The molecular formula is C26H31IN2O6. The predicted molar refractivity (Wildman–Crippen MR) is 140 cm³/mol. The Morgan fingerprint density at radius 3 is 2.54 bits per heavy atom. The molecule has 3 rings (SSSR count). The smallest absolute Gasteiger partial charge is 0.247 e. The Hall–Kier alpha value is -2.47. The molecule has 1 aliphatic carbocycles. The lowest BCUT2D eigenvalue weighted by Gasteiger charge is -2.40. The van der Waals surface area contributed by atoms with E-state index in [9.17, 15) is 14.7 Å². The molecule has 0 aromatic heterocycles. The lowest BCUT2D eigenvalue weighted by Crippen LogP contribution is -2.55. The van der Waals surface area contributed by atoms with E-state index in [1.165, 1.54) is 7.11 Å².